The molecule has 8 aromatic heterocycles. The van der Waals surface area contributed by atoms with Gasteiger partial charge in [-0.1, -0.05) is 151 Å². The number of imidazole rings is 8. The van der Waals surface area contributed by atoms with Crippen molar-refractivity contribution in [2.24, 2.45) is 0 Å². The van der Waals surface area contributed by atoms with Gasteiger partial charge in [-0.05, 0) is 173 Å². The summed E-state index contributed by atoms with van der Waals surface area (Å²) >= 11 is 0. The first-order valence-electron chi connectivity index (χ1n) is 36.3. The molecule has 16 nitrogen and oxygen atoms in total. The standard InChI is InChI=1S/C16H16N2.C14H20N2.C12H14N2.C11H14N2.C10H12N2.C10H18N2.C7H12N2.C6H10N2/c1-12(2)18-15-11-7-6-10-14(15)17-16(18)13-8-4-3-5-9-13;1-10(2)16-12-9-7-6-8-11(12)15-13(16)14(3,4)5;1-10(2)14-9-8-13-12(14)11-6-4-3-5-7-11;1-8(2)13-9(3)12-10-6-4-5-7-11(10)13;1-8(2)12-7-11-9-5-3-4-6-10(9)12;1-8(2)12-7-6-11-9(12)10(3,4)5;1-6(2)9-5-4-8-7(9)3;1-6(2)8-4-3-7-5-8/h3-12H,1-2H3;6-10H,1-5H3;3-10H,1-2H3;4-8H,1-3H3;3-8H,1-2H3;6-8H,1-5H3;4-6H,1-3H3;3-6H,1-2H3. The van der Waals surface area contributed by atoms with Crippen molar-refractivity contribution in [3.63, 3.8) is 0 Å². The summed E-state index contributed by atoms with van der Waals surface area (Å²) in [6, 6.07) is 57.6. The largest absolute Gasteiger partial charge is 0.335 e. The van der Waals surface area contributed by atoms with Crippen LogP contribution in [0.25, 0.3) is 66.9 Å². The van der Waals surface area contributed by atoms with E-state index in [1.54, 1.807) is 6.20 Å². The Morgan fingerprint density at radius 2 is 0.696 bits per heavy atom. The molecule has 0 N–H and O–H groups in total. The zero-order chi connectivity index (χ0) is 74.6. The van der Waals surface area contributed by atoms with Crippen molar-refractivity contribution < 1.29 is 0 Å². The molecule has 8 heterocycles. The van der Waals surface area contributed by atoms with Crippen LogP contribution in [0.15, 0.2) is 220 Å². The zero-order valence-electron chi connectivity index (χ0n) is 65.6. The molecule has 0 aliphatic carbocycles. The average molecular weight is 1370 g/mol. The predicted molar refractivity (Wildman–Crippen MR) is 429 cm³/mol. The van der Waals surface area contributed by atoms with Gasteiger partial charge in [0.05, 0.1) is 56.8 Å². The van der Waals surface area contributed by atoms with Crippen LogP contribution >= 0.6 is 0 Å². The molecule has 14 aromatic rings. The predicted octanol–water partition coefficient (Wildman–Crippen LogP) is 22.9. The molecule has 14 rings (SSSR count). The van der Waals surface area contributed by atoms with E-state index in [4.69, 9.17) is 9.97 Å². The summed E-state index contributed by atoms with van der Waals surface area (Å²) in [6.45, 7) is 52.0. The fourth-order valence-corrected chi connectivity index (χ4v) is 12.0. The van der Waals surface area contributed by atoms with Gasteiger partial charge in [0.2, 0.25) is 0 Å². The number of nitrogens with zero attached hydrogens (tertiary/aromatic N) is 16. The minimum absolute atomic E-state index is 0.0866. The highest BCUT2D eigenvalue weighted by Crippen LogP contribution is 2.31. The Labute approximate surface area is 608 Å². The summed E-state index contributed by atoms with van der Waals surface area (Å²) in [4.78, 5) is 35.1. The minimum atomic E-state index is 0.0866. The average Bonchev–Trinajstić information content (AvgIpc) is 1.64. The lowest BCUT2D eigenvalue weighted by Gasteiger charge is -2.22. The van der Waals surface area contributed by atoms with Crippen molar-refractivity contribution >= 4 is 44.1 Å². The Hall–Kier alpha value is -9.96. The van der Waals surface area contributed by atoms with Crippen molar-refractivity contribution in [3.05, 3.63) is 243 Å². The Morgan fingerprint density at radius 1 is 0.284 bits per heavy atom. The maximum absolute atomic E-state index is 4.77. The molecule has 0 atom stereocenters. The second-order valence-corrected chi connectivity index (χ2v) is 29.9. The van der Waals surface area contributed by atoms with E-state index in [0.717, 1.165) is 51.2 Å². The number of hydrogen-bond donors (Lipinski definition) is 0. The molecule has 540 valence electrons. The third-order valence-electron chi connectivity index (χ3n) is 16.9. The number of benzene rings is 6. The normalized spacial score (nSPS) is 11.5. The minimum Gasteiger partial charge on any atom is -0.335 e. The summed E-state index contributed by atoms with van der Waals surface area (Å²) < 4.78 is 17.7. The van der Waals surface area contributed by atoms with E-state index < -0.39 is 0 Å². The van der Waals surface area contributed by atoms with Gasteiger partial charge in [-0.25, -0.2) is 39.9 Å². The molecule has 0 bridgehead atoms. The molecule has 6 aromatic carbocycles. The van der Waals surface area contributed by atoms with Gasteiger partial charge in [0.1, 0.15) is 34.9 Å². The van der Waals surface area contributed by atoms with Crippen molar-refractivity contribution in [1.29, 1.82) is 0 Å². The molecular formula is C86H116N16. The molecule has 0 amide bonds. The van der Waals surface area contributed by atoms with Gasteiger partial charge in [0, 0.05) is 120 Å². The first-order chi connectivity index (χ1) is 48.4. The third-order valence-corrected chi connectivity index (χ3v) is 16.9. The number of aryl methyl sites for hydroxylation is 2. The maximum atomic E-state index is 4.77. The van der Waals surface area contributed by atoms with E-state index in [9.17, 15) is 0 Å². The van der Waals surface area contributed by atoms with Crippen LogP contribution in [-0.4, -0.2) is 76.4 Å². The number of para-hydroxylation sites is 8. The highest BCUT2D eigenvalue weighted by Gasteiger charge is 2.24. The first-order valence-corrected chi connectivity index (χ1v) is 36.3. The summed E-state index contributed by atoms with van der Waals surface area (Å²) in [7, 11) is 0. The van der Waals surface area contributed by atoms with Crippen LogP contribution in [0.2, 0.25) is 0 Å². The first kappa shape index (κ1) is 79.4. The second kappa shape index (κ2) is 36.6. The van der Waals surface area contributed by atoms with Crippen LogP contribution in [0.4, 0.5) is 0 Å². The number of fused-ring (bicyclic) bond motifs is 4. The number of hydrogen-bond acceptors (Lipinski definition) is 8. The Balaban J connectivity index is 0.000000165. The molecule has 0 saturated heterocycles. The number of rotatable bonds is 10. The van der Waals surface area contributed by atoms with E-state index in [1.807, 2.05) is 124 Å². The lowest BCUT2D eigenvalue weighted by atomic mass is 9.95. The second-order valence-electron chi connectivity index (χ2n) is 29.9. The van der Waals surface area contributed by atoms with Crippen LogP contribution < -0.4 is 0 Å². The SMILES string of the molecule is CC(C)n1c(-c2ccccc2)nc2ccccc21.CC(C)n1c(C(C)(C)C)nc2ccccc21.CC(C)n1ccnc1.CC(C)n1ccnc1-c1ccccc1.CC(C)n1ccnc1C(C)(C)C.CC(C)n1cnc2ccccc21.Cc1nc2ccccc2n1C(C)C.Cc1nccn1C(C)C. The highest BCUT2D eigenvalue weighted by molar-refractivity contribution is 5.81. The number of aromatic nitrogens is 16. The van der Waals surface area contributed by atoms with Crippen molar-refractivity contribution in [3.8, 4) is 22.8 Å². The third kappa shape index (κ3) is 21.1. The molecule has 102 heavy (non-hydrogen) atoms. The Morgan fingerprint density at radius 3 is 1.13 bits per heavy atom. The molecule has 16 heteroatoms. The summed E-state index contributed by atoms with van der Waals surface area (Å²) in [6.07, 6.45) is 19.1. The van der Waals surface area contributed by atoms with E-state index >= 15 is 0 Å². The molecule has 0 spiro atoms. The molecule has 0 unspecified atom stereocenters. The smallest absolute Gasteiger partial charge is 0.141 e. The molecule has 0 radical (unpaired) electrons. The zero-order valence-corrected chi connectivity index (χ0v) is 65.6. The van der Waals surface area contributed by atoms with Crippen LogP contribution in [0.3, 0.4) is 0 Å². The van der Waals surface area contributed by atoms with E-state index in [2.05, 4.69) is 323 Å². The van der Waals surface area contributed by atoms with E-state index in [1.165, 1.54) is 39.0 Å². The van der Waals surface area contributed by atoms with Gasteiger partial charge in [0.25, 0.3) is 0 Å². The van der Waals surface area contributed by atoms with Crippen LogP contribution in [-0.2, 0) is 10.8 Å². The van der Waals surface area contributed by atoms with Gasteiger partial charge < -0.3 is 36.5 Å². The Kier molecular flexibility index (Phi) is 28.5. The van der Waals surface area contributed by atoms with Crippen molar-refractivity contribution in [1.82, 2.24) is 76.4 Å². The fourth-order valence-electron chi connectivity index (χ4n) is 12.0. The lowest BCUT2D eigenvalue weighted by Crippen LogP contribution is -2.20. The molecule has 0 aliphatic rings. The van der Waals surface area contributed by atoms with Gasteiger partial charge in [-0.15, -0.1) is 0 Å². The van der Waals surface area contributed by atoms with Crippen LogP contribution in [0, 0.1) is 13.8 Å². The van der Waals surface area contributed by atoms with Crippen LogP contribution in [0.5, 0.6) is 0 Å². The van der Waals surface area contributed by atoms with Gasteiger partial charge >= 0.3 is 0 Å². The summed E-state index contributed by atoms with van der Waals surface area (Å²) in [5, 5.41) is 0. The van der Waals surface area contributed by atoms with E-state index in [0.29, 0.717) is 48.3 Å². The van der Waals surface area contributed by atoms with Gasteiger partial charge in [-0.2, -0.15) is 0 Å². The molecule has 0 saturated carbocycles. The quantitative estimate of drug-likeness (QED) is 0.132. The molecule has 0 fully saturated rings. The topological polar surface area (TPSA) is 143 Å². The highest BCUT2D eigenvalue weighted by atomic mass is 15.1. The molecular weight excluding hydrogens is 1260 g/mol. The lowest BCUT2D eigenvalue weighted by molar-refractivity contribution is 0.469. The Bertz CT molecular complexity index is 4710. The fraction of sp³-hybridized carbons (Fsp3) is 0.395. The monoisotopic (exact) mass is 1370 g/mol. The van der Waals surface area contributed by atoms with Gasteiger partial charge in [0.15, 0.2) is 0 Å². The van der Waals surface area contributed by atoms with Crippen molar-refractivity contribution in [2.45, 2.75) is 225 Å². The van der Waals surface area contributed by atoms with Crippen molar-refractivity contribution in [2.75, 3.05) is 0 Å². The molecule has 0 aliphatic heterocycles. The maximum Gasteiger partial charge on any atom is 0.141 e. The van der Waals surface area contributed by atoms with E-state index in [-0.39, 0.29) is 10.8 Å². The van der Waals surface area contributed by atoms with Gasteiger partial charge in [-0.3, -0.25) is 0 Å². The van der Waals surface area contributed by atoms with Crippen LogP contribution in [0.1, 0.15) is 224 Å². The summed E-state index contributed by atoms with van der Waals surface area (Å²) in [5.41, 5.74) is 11.8. The summed E-state index contributed by atoms with van der Waals surface area (Å²) in [5.74, 6) is 6.61.